The molecule has 0 saturated carbocycles. The largest absolute Gasteiger partial charge is 0.496 e. The maximum absolute atomic E-state index is 13.1. The number of carbonyl (C=O) groups is 1. The minimum absolute atomic E-state index is 0.210. The molecule has 2 aromatic rings. The summed E-state index contributed by atoms with van der Waals surface area (Å²) in [5.74, 6) is 1.38. The van der Waals surface area contributed by atoms with Crippen LogP contribution in [-0.4, -0.2) is 38.8 Å². The van der Waals surface area contributed by atoms with Gasteiger partial charge in [0.25, 0.3) is 5.91 Å². The quantitative estimate of drug-likeness (QED) is 0.425. The van der Waals surface area contributed by atoms with Gasteiger partial charge in [0.05, 0.1) is 18.5 Å². The van der Waals surface area contributed by atoms with E-state index >= 15 is 0 Å². The second kappa shape index (κ2) is 8.79. The molecule has 10 heteroatoms. The van der Waals surface area contributed by atoms with Gasteiger partial charge in [-0.25, -0.2) is 0 Å². The molecule has 34 heavy (non-hydrogen) atoms. The average Bonchev–Trinajstić information content (AvgIpc) is 3.11. The Kier molecular flexibility index (Phi) is 5.66. The number of methoxy groups -OCH3 is 1. The Balaban J connectivity index is 1.58. The topological polar surface area (TPSA) is 120 Å². The van der Waals surface area contributed by atoms with Gasteiger partial charge in [-0.15, -0.1) is 0 Å². The summed E-state index contributed by atoms with van der Waals surface area (Å²) in [7, 11) is 1.64. The molecule has 1 aliphatic carbocycles. The molecule has 0 unspecified atom stereocenters. The fourth-order valence-corrected chi connectivity index (χ4v) is 4.86. The van der Waals surface area contributed by atoms with Gasteiger partial charge in [0.2, 0.25) is 0 Å². The summed E-state index contributed by atoms with van der Waals surface area (Å²) >= 11 is 1.29. The van der Waals surface area contributed by atoms with E-state index in [1.165, 1.54) is 11.9 Å². The Hall–Kier alpha value is -3.92. The highest BCUT2D eigenvalue weighted by Gasteiger charge is 2.29. The van der Waals surface area contributed by atoms with E-state index in [0.717, 1.165) is 39.4 Å². The molecule has 0 spiro atoms. The zero-order chi connectivity index (χ0) is 23.8. The number of para-hydroxylation sites is 1. The van der Waals surface area contributed by atoms with Gasteiger partial charge in [-0.05, 0) is 49.6 Å². The van der Waals surface area contributed by atoms with Gasteiger partial charge >= 0.3 is 0 Å². The zero-order valence-electron chi connectivity index (χ0n) is 19.0. The number of nitrogens with two attached hydrogens (primary N) is 1. The lowest BCUT2D eigenvalue weighted by Crippen LogP contribution is -2.22. The van der Waals surface area contributed by atoms with Gasteiger partial charge in [0.1, 0.15) is 18.0 Å². The van der Waals surface area contributed by atoms with E-state index < -0.39 is 0 Å². The average molecular weight is 474 g/mol. The molecule has 0 bridgehead atoms. The highest BCUT2D eigenvalue weighted by Crippen LogP contribution is 2.38. The van der Waals surface area contributed by atoms with E-state index in [1.807, 2.05) is 44.2 Å². The second-order valence-corrected chi connectivity index (χ2v) is 8.72. The van der Waals surface area contributed by atoms with E-state index in [4.69, 9.17) is 15.6 Å². The number of amidine groups is 1. The normalized spacial score (nSPS) is 12.9. The first-order chi connectivity index (χ1) is 16.5. The molecule has 3 N–H and O–H groups in total. The molecule has 0 fully saturated rings. The molecule has 3 heterocycles. The molecule has 1 aromatic carbocycles. The number of anilines is 1. The van der Waals surface area contributed by atoms with E-state index in [1.54, 1.807) is 24.2 Å². The number of carbonyl (C=O) groups excluding carboxylic acids is 1. The van der Waals surface area contributed by atoms with Crippen molar-refractivity contribution in [3.8, 4) is 17.0 Å². The molecule has 3 aliphatic rings. The maximum atomic E-state index is 13.1. The van der Waals surface area contributed by atoms with Crippen molar-refractivity contribution in [2.24, 2.45) is 10.1 Å². The highest BCUT2D eigenvalue weighted by molar-refractivity contribution is 7.97. The van der Waals surface area contributed by atoms with Crippen molar-refractivity contribution >= 4 is 29.4 Å². The number of hydrogen-bond donors (Lipinski definition) is 2. The van der Waals surface area contributed by atoms with E-state index in [-0.39, 0.29) is 5.91 Å². The second-order valence-electron chi connectivity index (χ2n) is 7.99. The molecule has 0 atom stereocenters. The van der Waals surface area contributed by atoms with E-state index in [2.05, 4.69) is 19.8 Å². The van der Waals surface area contributed by atoms with Crippen LogP contribution >= 0.6 is 11.9 Å². The summed E-state index contributed by atoms with van der Waals surface area (Å²) in [6.45, 7) is 4.23. The van der Waals surface area contributed by atoms with Crippen LogP contribution in [0.5, 0.6) is 5.75 Å². The van der Waals surface area contributed by atoms with Crippen LogP contribution in [0.3, 0.4) is 0 Å². The third-order valence-electron chi connectivity index (χ3n) is 5.77. The third kappa shape index (κ3) is 3.86. The van der Waals surface area contributed by atoms with Crippen LogP contribution in [0.25, 0.3) is 11.3 Å². The molecule has 0 radical (unpaired) electrons. The van der Waals surface area contributed by atoms with Crippen LogP contribution in [0.4, 0.5) is 5.69 Å². The van der Waals surface area contributed by atoms with Gasteiger partial charge in [0.15, 0.2) is 5.84 Å². The summed E-state index contributed by atoms with van der Waals surface area (Å²) in [5.41, 5.74) is 12.9. The number of amides is 1. The molecule has 1 amide bonds. The number of ether oxygens (including phenoxy) is 1. The van der Waals surface area contributed by atoms with Crippen molar-refractivity contribution in [2.45, 2.75) is 26.1 Å². The van der Waals surface area contributed by atoms with Crippen molar-refractivity contribution in [1.82, 2.24) is 20.0 Å². The number of pyridine rings is 1. The lowest BCUT2D eigenvalue weighted by Gasteiger charge is -2.14. The summed E-state index contributed by atoms with van der Waals surface area (Å²) < 4.78 is 9.89. The Labute approximate surface area is 200 Å². The van der Waals surface area contributed by atoms with E-state index in [0.29, 0.717) is 35.1 Å². The predicted molar refractivity (Wildman–Crippen MR) is 132 cm³/mol. The van der Waals surface area contributed by atoms with Crippen LogP contribution in [0, 0.1) is 13.8 Å². The van der Waals surface area contributed by atoms with Crippen LogP contribution in [0.15, 0.2) is 47.0 Å². The van der Waals surface area contributed by atoms with Gasteiger partial charge in [-0.1, -0.05) is 18.2 Å². The Bertz CT molecular complexity index is 1400. The fraction of sp³-hybridized carbons (Fsp3) is 0.208. The Morgan fingerprint density at radius 3 is 2.79 bits per heavy atom. The number of aryl methyl sites for hydroxylation is 1. The van der Waals surface area contributed by atoms with Crippen molar-refractivity contribution in [1.29, 1.82) is 0 Å². The van der Waals surface area contributed by atoms with Gasteiger partial charge in [-0.3, -0.25) is 9.78 Å². The number of nitrogens with one attached hydrogen (secondary N) is 1. The van der Waals surface area contributed by atoms with Gasteiger partial charge < -0.3 is 15.8 Å². The molecule has 172 valence electrons. The summed E-state index contributed by atoms with van der Waals surface area (Å²) in [6, 6.07) is 11.1. The molecule has 5 rings (SSSR count). The van der Waals surface area contributed by atoms with Crippen molar-refractivity contribution in [3.05, 3.63) is 76.2 Å². The Morgan fingerprint density at radius 1 is 1.24 bits per heavy atom. The molecule has 9 nitrogen and oxygen atoms in total. The number of aromatic nitrogens is 4. The monoisotopic (exact) mass is 473 g/mol. The van der Waals surface area contributed by atoms with Crippen LogP contribution < -0.4 is 15.8 Å². The van der Waals surface area contributed by atoms with Crippen LogP contribution in [0.1, 0.15) is 38.4 Å². The minimum atomic E-state index is -0.210. The summed E-state index contributed by atoms with van der Waals surface area (Å²) in [5, 5.41) is 12.3. The van der Waals surface area contributed by atoms with Crippen molar-refractivity contribution in [3.63, 3.8) is 0 Å². The smallest absolute Gasteiger partial charge is 0.256 e. The highest BCUT2D eigenvalue weighted by atomic mass is 32.2. The first-order valence-electron chi connectivity index (χ1n) is 10.7. The SMILES string of the molecule is COc1c(C)cnc(Cn2nc3cc(C(=O)Nc4ccccc4)c4c-3c(n2)C(N)=NSC4)c1C. The Morgan fingerprint density at radius 2 is 2.03 bits per heavy atom. The zero-order valence-corrected chi connectivity index (χ0v) is 19.8. The maximum Gasteiger partial charge on any atom is 0.256 e. The van der Waals surface area contributed by atoms with E-state index in [9.17, 15) is 4.79 Å². The summed E-state index contributed by atoms with van der Waals surface area (Å²) in [4.78, 5) is 19.2. The fourth-order valence-electron chi connectivity index (χ4n) is 4.14. The number of hydrogen-bond acceptors (Lipinski definition) is 8. The first-order valence-corrected chi connectivity index (χ1v) is 11.6. The molecular formula is C24H23N7O2S. The number of rotatable bonds is 5. The number of nitrogens with zero attached hydrogens (tertiary/aromatic N) is 5. The standard InChI is InChI=1S/C24H23N7O2S/c1-13-10-26-19(14(2)22(13)33-3)11-31-28-18-9-16(24(32)27-15-7-5-4-6-8-15)17-12-34-30-23(25)21(29-31)20(17)18/h4-10H,11-12H2,1-3H3,(H2,25,30)(H,27,32). The van der Waals surface area contributed by atoms with Gasteiger partial charge in [0, 0.05) is 39.9 Å². The molecular weight excluding hydrogens is 450 g/mol. The summed E-state index contributed by atoms with van der Waals surface area (Å²) in [6.07, 6.45) is 1.77. The number of benzene rings is 1. The van der Waals surface area contributed by atoms with Crippen LogP contribution in [-0.2, 0) is 12.3 Å². The molecule has 1 aromatic heterocycles. The van der Waals surface area contributed by atoms with Crippen molar-refractivity contribution in [2.75, 3.05) is 12.4 Å². The predicted octanol–water partition coefficient (Wildman–Crippen LogP) is 3.57. The van der Waals surface area contributed by atoms with Crippen LogP contribution in [0.2, 0.25) is 0 Å². The van der Waals surface area contributed by atoms with Crippen molar-refractivity contribution < 1.29 is 9.53 Å². The third-order valence-corrected chi connectivity index (χ3v) is 6.51. The minimum Gasteiger partial charge on any atom is -0.496 e. The molecule has 2 aliphatic heterocycles. The lowest BCUT2D eigenvalue weighted by molar-refractivity contribution is 0.102. The molecule has 0 saturated heterocycles. The van der Waals surface area contributed by atoms with Gasteiger partial charge in [-0.2, -0.15) is 19.4 Å². The first kappa shape index (κ1) is 21.9. The lowest BCUT2D eigenvalue weighted by atomic mass is 10.1.